The first-order valence-electron chi connectivity index (χ1n) is 7.33. The highest BCUT2D eigenvalue weighted by Crippen LogP contribution is 2.21. The maximum absolute atomic E-state index is 12.4. The monoisotopic (exact) mass is 281 g/mol. The van der Waals surface area contributed by atoms with Crippen molar-refractivity contribution in [2.75, 3.05) is 32.7 Å². The second kappa shape index (κ2) is 6.24. The number of carbonyl (C=O) groups is 3. The van der Waals surface area contributed by atoms with Crippen molar-refractivity contribution in [2.24, 2.45) is 11.8 Å². The molecule has 6 heteroatoms. The van der Waals surface area contributed by atoms with Gasteiger partial charge in [-0.3, -0.25) is 14.4 Å². The fraction of sp³-hybridized carbons (Fsp3) is 0.786. The molecule has 0 spiro atoms. The van der Waals surface area contributed by atoms with Crippen molar-refractivity contribution in [3.8, 4) is 0 Å². The molecule has 3 amide bonds. The smallest absolute Gasteiger partial charge is 0.239 e. The van der Waals surface area contributed by atoms with Crippen LogP contribution in [-0.2, 0) is 14.4 Å². The average Bonchev–Trinajstić information content (AvgIpc) is 2.46. The van der Waals surface area contributed by atoms with E-state index in [0.29, 0.717) is 39.0 Å². The normalized spacial score (nSPS) is 21.1. The summed E-state index contributed by atoms with van der Waals surface area (Å²) in [5.41, 5.74) is 0. The molecule has 2 fully saturated rings. The van der Waals surface area contributed by atoms with E-state index < -0.39 is 0 Å². The lowest BCUT2D eigenvalue weighted by Crippen LogP contribution is -2.53. The molecule has 0 unspecified atom stereocenters. The minimum absolute atomic E-state index is 0.00745. The molecule has 1 N–H and O–H groups in total. The van der Waals surface area contributed by atoms with E-state index in [1.54, 1.807) is 4.90 Å². The molecule has 0 saturated carbocycles. The number of carbonyl (C=O) groups excluding carboxylic acids is 3. The number of piperazine rings is 1. The van der Waals surface area contributed by atoms with Crippen LogP contribution in [-0.4, -0.2) is 60.2 Å². The predicted molar refractivity (Wildman–Crippen MR) is 73.7 cm³/mol. The van der Waals surface area contributed by atoms with Crippen molar-refractivity contribution in [1.29, 1.82) is 0 Å². The maximum atomic E-state index is 12.4. The highest BCUT2D eigenvalue weighted by molar-refractivity contribution is 5.87. The standard InChI is InChI=1S/C14H23N3O3/c1-10(2)13(19)16-6-3-11(4-7-16)14(20)17-8-5-15-12(18)9-17/h10-11H,3-9H2,1-2H3,(H,15,18). The average molecular weight is 281 g/mol. The lowest BCUT2D eigenvalue weighted by molar-refractivity contribution is -0.145. The summed E-state index contributed by atoms with van der Waals surface area (Å²) < 4.78 is 0. The zero-order chi connectivity index (χ0) is 14.7. The summed E-state index contributed by atoms with van der Waals surface area (Å²) in [6.45, 7) is 6.38. The van der Waals surface area contributed by atoms with Gasteiger partial charge >= 0.3 is 0 Å². The van der Waals surface area contributed by atoms with E-state index in [4.69, 9.17) is 0 Å². The van der Waals surface area contributed by atoms with Crippen LogP contribution in [0.5, 0.6) is 0 Å². The van der Waals surface area contributed by atoms with Crippen LogP contribution in [0.3, 0.4) is 0 Å². The van der Waals surface area contributed by atoms with Crippen molar-refractivity contribution >= 4 is 17.7 Å². The zero-order valence-electron chi connectivity index (χ0n) is 12.2. The summed E-state index contributed by atoms with van der Waals surface area (Å²) in [7, 11) is 0. The van der Waals surface area contributed by atoms with Gasteiger partial charge in [-0.1, -0.05) is 13.8 Å². The maximum Gasteiger partial charge on any atom is 0.239 e. The molecular formula is C14H23N3O3. The lowest BCUT2D eigenvalue weighted by Gasteiger charge is -2.36. The summed E-state index contributed by atoms with van der Waals surface area (Å²) in [5.74, 6) is 0.104. The van der Waals surface area contributed by atoms with E-state index in [9.17, 15) is 14.4 Å². The Balaban J connectivity index is 1.85. The van der Waals surface area contributed by atoms with Gasteiger partial charge < -0.3 is 15.1 Å². The Labute approximate surface area is 119 Å². The van der Waals surface area contributed by atoms with Gasteiger partial charge in [0.15, 0.2) is 0 Å². The Morgan fingerprint density at radius 2 is 1.80 bits per heavy atom. The number of piperidine rings is 1. The first-order chi connectivity index (χ1) is 9.49. The van der Waals surface area contributed by atoms with E-state index in [1.807, 2.05) is 18.7 Å². The molecule has 0 aromatic rings. The van der Waals surface area contributed by atoms with Gasteiger partial charge in [0.1, 0.15) is 0 Å². The number of rotatable bonds is 2. The largest absolute Gasteiger partial charge is 0.353 e. The minimum atomic E-state index is -0.0861. The molecule has 2 saturated heterocycles. The van der Waals surface area contributed by atoms with Crippen LogP contribution in [0.25, 0.3) is 0 Å². The second-order valence-electron chi connectivity index (χ2n) is 5.86. The third kappa shape index (κ3) is 3.29. The van der Waals surface area contributed by atoms with Gasteiger partial charge in [-0.25, -0.2) is 0 Å². The van der Waals surface area contributed by atoms with Gasteiger partial charge in [0.2, 0.25) is 17.7 Å². The molecule has 2 aliphatic heterocycles. The molecule has 0 aliphatic carbocycles. The Morgan fingerprint density at radius 1 is 1.15 bits per heavy atom. The van der Waals surface area contributed by atoms with E-state index >= 15 is 0 Å². The number of nitrogens with one attached hydrogen (secondary N) is 1. The summed E-state index contributed by atoms with van der Waals surface area (Å²) in [4.78, 5) is 39.1. The van der Waals surface area contributed by atoms with Crippen molar-refractivity contribution < 1.29 is 14.4 Å². The zero-order valence-corrected chi connectivity index (χ0v) is 12.2. The van der Waals surface area contributed by atoms with E-state index in [2.05, 4.69) is 5.32 Å². The third-order valence-electron chi connectivity index (χ3n) is 4.00. The molecule has 0 bridgehead atoms. The molecule has 6 nitrogen and oxygen atoms in total. The van der Waals surface area contributed by atoms with Crippen LogP contribution in [0.15, 0.2) is 0 Å². The van der Waals surface area contributed by atoms with Crippen molar-refractivity contribution in [3.05, 3.63) is 0 Å². The Morgan fingerprint density at radius 3 is 2.35 bits per heavy atom. The Bertz CT molecular complexity index is 400. The van der Waals surface area contributed by atoms with Gasteiger partial charge in [0.05, 0.1) is 6.54 Å². The van der Waals surface area contributed by atoms with Gasteiger partial charge in [-0.2, -0.15) is 0 Å². The van der Waals surface area contributed by atoms with Crippen LogP contribution in [0.2, 0.25) is 0 Å². The lowest BCUT2D eigenvalue weighted by atomic mass is 9.94. The highest BCUT2D eigenvalue weighted by Gasteiger charge is 2.32. The molecule has 112 valence electrons. The molecule has 0 aromatic carbocycles. The molecule has 0 atom stereocenters. The molecular weight excluding hydrogens is 258 g/mol. The predicted octanol–water partition coefficient (Wildman–Crippen LogP) is -0.161. The molecule has 2 heterocycles. The number of hydrogen-bond acceptors (Lipinski definition) is 3. The third-order valence-corrected chi connectivity index (χ3v) is 4.00. The Hall–Kier alpha value is -1.59. The topological polar surface area (TPSA) is 69.7 Å². The van der Waals surface area contributed by atoms with Gasteiger partial charge in [0.25, 0.3) is 0 Å². The van der Waals surface area contributed by atoms with E-state index in [0.717, 1.165) is 0 Å². The minimum Gasteiger partial charge on any atom is -0.353 e. The van der Waals surface area contributed by atoms with Crippen LogP contribution in [0.1, 0.15) is 26.7 Å². The van der Waals surface area contributed by atoms with Crippen LogP contribution >= 0.6 is 0 Å². The summed E-state index contributed by atoms with van der Waals surface area (Å²) in [6, 6.07) is 0. The Kier molecular flexibility index (Phi) is 4.62. The molecule has 0 aromatic heterocycles. The van der Waals surface area contributed by atoms with E-state index in [1.165, 1.54) is 0 Å². The van der Waals surface area contributed by atoms with E-state index in [-0.39, 0.29) is 36.1 Å². The number of likely N-dealkylation sites (tertiary alicyclic amines) is 1. The number of nitrogens with zero attached hydrogens (tertiary/aromatic N) is 2. The van der Waals surface area contributed by atoms with Crippen molar-refractivity contribution in [2.45, 2.75) is 26.7 Å². The summed E-state index contributed by atoms with van der Waals surface area (Å²) in [5, 5.41) is 2.72. The van der Waals surface area contributed by atoms with Gasteiger partial charge in [0, 0.05) is 38.0 Å². The van der Waals surface area contributed by atoms with Crippen molar-refractivity contribution in [3.63, 3.8) is 0 Å². The molecule has 2 aliphatic rings. The summed E-state index contributed by atoms with van der Waals surface area (Å²) >= 11 is 0. The highest BCUT2D eigenvalue weighted by atomic mass is 16.2. The fourth-order valence-corrected chi connectivity index (χ4v) is 2.80. The van der Waals surface area contributed by atoms with Crippen LogP contribution < -0.4 is 5.32 Å². The number of hydrogen-bond donors (Lipinski definition) is 1. The summed E-state index contributed by atoms with van der Waals surface area (Å²) in [6.07, 6.45) is 1.41. The quantitative estimate of drug-likeness (QED) is 0.764. The molecule has 0 radical (unpaired) electrons. The van der Waals surface area contributed by atoms with Crippen LogP contribution in [0, 0.1) is 11.8 Å². The molecule has 20 heavy (non-hydrogen) atoms. The number of amides is 3. The van der Waals surface area contributed by atoms with Gasteiger partial charge in [-0.05, 0) is 12.8 Å². The molecule has 2 rings (SSSR count). The van der Waals surface area contributed by atoms with Crippen molar-refractivity contribution in [1.82, 2.24) is 15.1 Å². The second-order valence-corrected chi connectivity index (χ2v) is 5.86. The van der Waals surface area contributed by atoms with Crippen LogP contribution in [0.4, 0.5) is 0 Å². The first-order valence-corrected chi connectivity index (χ1v) is 7.33. The van der Waals surface area contributed by atoms with Gasteiger partial charge in [-0.15, -0.1) is 0 Å². The first kappa shape index (κ1) is 14.8. The SMILES string of the molecule is CC(C)C(=O)N1CCC(C(=O)N2CCNC(=O)C2)CC1. The fourth-order valence-electron chi connectivity index (χ4n) is 2.80.